The monoisotopic (exact) mass is 351 g/mol. The van der Waals surface area contributed by atoms with Crippen LogP contribution in [0.2, 0.25) is 0 Å². The van der Waals surface area contributed by atoms with E-state index in [9.17, 15) is 9.90 Å². The molecule has 0 aromatic heterocycles. The van der Waals surface area contributed by atoms with Crippen LogP contribution >= 0.6 is 0 Å². The van der Waals surface area contributed by atoms with Crippen molar-refractivity contribution in [2.75, 3.05) is 13.7 Å². The van der Waals surface area contributed by atoms with Gasteiger partial charge >= 0.3 is 5.97 Å². The molecule has 2 atom stereocenters. The van der Waals surface area contributed by atoms with Crippen molar-refractivity contribution in [3.8, 4) is 11.5 Å². The molecule has 0 fully saturated rings. The first-order valence-electron chi connectivity index (χ1n) is 8.37. The summed E-state index contributed by atoms with van der Waals surface area (Å²) in [5, 5.41) is 10.0. The minimum Gasteiger partial charge on any atom is -0.493 e. The normalized spacial score (nSPS) is 14.0. The Morgan fingerprint density at radius 3 is 2.48 bits per heavy atom. The number of carbonyl (C=O) groups excluding carboxylic acids is 1. The van der Waals surface area contributed by atoms with E-state index >= 15 is 0 Å². The molecule has 25 heavy (non-hydrogen) atoms. The quantitative estimate of drug-likeness (QED) is 0.524. The SMILES string of the molecule is COc1cc(C=CC(=O)OC(C)C)ccc1OCC(O)C(N)C(C)C. The number of methoxy groups -OCH3 is 1. The smallest absolute Gasteiger partial charge is 0.331 e. The van der Waals surface area contributed by atoms with Gasteiger partial charge in [0.1, 0.15) is 12.7 Å². The second-order valence-electron chi connectivity index (χ2n) is 6.43. The Labute approximate surface area is 149 Å². The van der Waals surface area contributed by atoms with Crippen LogP contribution in [0.1, 0.15) is 33.3 Å². The van der Waals surface area contributed by atoms with Gasteiger partial charge in [0.2, 0.25) is 0 Å². The van der Waals surface area contributed by atoms with Crippen LogP contribution in [0.5, 0.6) is 11.5 Å². The van der Waals surface area contributed by atoms with Crippen molar-refractivity contribution in [2.45, 2.75) is 45.9 Å². The molecule has 0 radical (unpaired) electrons. The van der Waals surface area contributed by atoms with Gasteiger partial charge in [0.05, 0.1) is 13.2 Å². The number of aliphatic hydroxyl groups is 1. The van der Waals surface area contributed by atoms with Gasteiger partial charge < -0.3 is 25.1 Å². The second kappa shape index (κ2) is 10.1. The topological polar surface area (TPSA) is 91.0 Å². The third-order valence-corrected chi connectivity index (χ3v) is 3.58. The molecule has 0 heterocycles. The third-order valence-electron chi connectivity index (χ3n) is 3.58. The average Bonchev–Trinajstić information content (AvgIpc) is 2.56. The largest absolute Gasteiger partial charge is 0.493 e. The molecule has 140 valence electrons. The Hall–Kier alpha value is -2.05. The first kappa shape index (κ1) is 21.0. The Morgan fingerprint density at radius 2 is 1.92 bits per heavy atom. The summed E-state index contributed by atoms with van der Waals surface area (Å²) < 4.78 is 16.0. The lowest BCUT2D eigenvalue weighted by atomic mass is 10.0. The van der Waals surface area contributed by atoms with E-state index in [2.05, 4.69) is 0 Å². The van der Waals surface area contributed by atoms with Crippen molar-refractivity contribution in [1.82, 2.24) is 0 Å². The van der Waals surface area contributed by atoms with E-state index in [-0.39, 0.29) is 24.7 Å². The van der Waals surface area contributed by atoms with Crippen molar-refractivity contribution in [3.05, 3.63) is 29.8 Å². The summed E-state index contributed by atoms with van der Waals surface area (Å²) >= 11 is 0. The van der Waals surface area contributed by atoms with Gasteiger partial charge in [-0.15, -0.1) is 0 Å². The van der Waals surface area contributed by atoms with E-state index in [0.717, 1.165) is 5.56 Å². The molecule has 6 heteroatoms. The van der Waals surface area contributed by atoms with E-state index in [0.29, 0.717) is 11.5 Å². The van der Waals surface area contributed by atoms with E-state index in [1.165, 1.54) is 13.2 Å². The van der Waals surface area contributed by atoms with Gasteiger partial charge in [-0.2, -0.15) is 0 Å². The van der Waals surface area contributed by atoms with Crippen LogP contribution in [0.3, 0.4) is 0 Å². The highest BCUT2D eigenvalue weighted by atomic mass is 16.5. The standard InChI is InChI=1S/C19H29NO5/c1-12(2)19(20)15(21)11-24-16-8-6-14(10-17(16)23-5)7-9-18(22)25-13(3)4/h6-10,12-13,15,19,21H,11,20H2,1-5H3. The second-order valence-corrected chi connectivity index (χ2v) is 6.43. The van der Waals surface area contributed by atoms with Gasteiger partial charge in [0, 0.05) is 12.1 Å². The molecule has 0 bridgehead atoms. The van der Waals surface area contributed by atoms with Crippen LogP contribution in [0.25, 0.3) is 6.08 Å². The van der Waals surface area contributed by atoms with Crippen LogP contribution in [-0.2, 0) is 9.53 Å². The highest BCUT2D eigenvalue weighted by Gasteiger charge is 2.19. The molecule has 1 rings (SSSR count). The molecule has 2 unspecified atom stereocenters. The molecule has 6 nitrogen and oxygen atoms in total. The molecule has 0 saturated carbocycles. The fraction of sp³-hybridized carbons (Fsp3) is 0.526. The lowest BCUT2D eigenvalue weighted by molar-refractivity contribution is -0.141. The van der Waals surface area contributed by atoms with Crippen LogP contribution in [0.15, 0.2) is 24.3 Å². The maximum absolute atomic E-state index is 11.5. The van der Waals surface area contributed by atoms with E-state index in [4.69, 9.17) is 19.9 Å². The molecule has 0 amide bonds. The lowest BCUT2D eigenvalue weighted by Crippen LogP contribution is -2.42. The van der Waals surface area contributed by atoms with Gasteiger partial charge in [0.15, 0.2) is 11.5 Å². The van der Waals surface area contributed by atoms with Crippen molar-refractivity contribution in [3.63, 3.8) is 0 Å². The molecule has 0 saturated heterocycles. The molecule has 0 aliphatic carbocycles. The Balaban J connectivity index is 2.75. The molecule has 1 aromatic carbocycles. The summed E-state index contributed by atoms with van der Waals surface area (Å²) in [4.78, 5) is 11.5. The molecule has 0 aliphatic rings. The number of carbonyl (C=O) groups is 1. The predicted molar refractivity (Wildman–Crippen MR) is 97.6 cm³/mol. The lowest BCUT2D eigenvalue weighted by Gasteiger charge is -2.22. The number of hydrogen-bond acceptors (Lipinski definition) is 6. The Bertz CT molecular complexity index is 583. The summed E-state index contributed by atoms with van der Waals surface area (Å²) in [5.74, 6) is 0.753. The Morgan fingerprint density at radius 1 is 1.24 bits per heavy atom. The van der Waals surface area contributed by atoms with E-state index in [1.54, 1.807) is 38.1 Å². The van der Waals surface area contributed by atoms with Crippen molar-refractivity contribution in [1.29, 1.82) is 0 Å². The fourth-order valence-electron chi connectivity index (χ4n) is 2.07. The highest BCUT2D eigenvalue weighted by molar-refractivity contribution is 5.87. The summed E-state index contributed by atoms with van der Waals surface area (Å²) in [6.07, 6.45) is 2.07. The molecule has 0 spiro atoms. The van der Waals surface area contributed by atoms with Gasteiger partial charge in [-0.25, -0.2) is 4.79 Å². The van der Waals surface area contributed by atoms with Crippen molar-refractivity contribution >= 4 is 12.0 Å². The zero-order chi connectivity index (χ0) is 19.0. The summed E-state index contributed by atoms with van der Waals surface area (Å²) in [6.45, 7) is 7.55. The molecule has 3 N–H and O–H groups in total. The zero-order valence-electron chi connectivity index (χ0n) is 15.6. The number of benzene rings is 1. The molecular formula is C19H29NO5. The van der Waals surface area contributed by atoms with Crippen molar-refractivity contribution < 1.29 is 24.1 Å². The fourth-order valence-corrected chi connectivity index (χ4v) is 2.07. The number of nitrogens with two attached hydrogens (primary N) is 1. The molecular weight excluding hydrogens is 322 g/mol. The number of hydrogen-bond donors (Lipinski definition) is 2. The van der Waals surface area contributed by atoms with Crippen LogP contribution in [-0.4, -0.2) is 43.0 Å². The predicted octanol–water partition coefficient (Wildman–Crippen LogP) is 2.38. The molecule has 0 aliphatic heterocycles. The Kier molecular flexibility index (Phi) is 8.45. The maximum Gasteiger partial charge on any atom is 0.331 e. The van der Waals surface area contributed by atoms with Crippen LogP contribution < -0.4 is 15.2 Å². The highest BCUT2D eigenvalue weighted by Crippen LogP contribution is 2.29. The summed E-state index contributed by atoms with van der Waals surface area (Å²) in [5.41, 5.74) is 6.67. The van der Waals surface area contributed by atoms with Crippen LogP contribution in [0.4, 0.5) is 0 Å². The third kappa shape index (κ3) is 7.15. The average molecular weight is 351 g/mol. The minimum absolute atomic E-state index is 0.0750. The van der Waals surface area contributed by atoms with E-state index in [1.807, 2.05) is 13.8 Å². The van der Waals surface area contributed by atoms with Gasteiger partial charge in [0.25, 0.3) is 0 Å². The number of esters is 1. The van der Waals surface area contributed by atoms with E-state index < -0.39 is 12.1 Å². The van der Waals surface area contributed by atoms with Gasteiger partial charge in [-0.05, 0) is 43.5 Å². The number of aliphatic hydroxyl groups excluding tert-OH is 1. The number of rotatable bonds is 9. The number of ether oxygens (including phenoxy) is 3. The molecule has 1 aromatic rings. The summed E-state index contributed by atoms with van der Waals surface area (Å²) in [7, 11) is 1.53. The first-order valence-corrected chi connectivity index (χ1v) is 8.37. The minimum atomic E-state index is -0.768. The summed E-state index contributed by atoms with van der Waals surface area (Å²) in [6, 6.07) is 4.88. The van der Waals surface area contributed by atoms with Crippen molar-refractivity contribution in [2.24, 2.45) is 11.7 Å². The zero-order valence-corrected chi connectivity index (χ0v) is 15.6. The van der Waals surface area contributed by atoms with Gasteiger partial charge in [-0.3, -0.25) is 0 Å². The van der Waals surface area contributed by atoms with Gasteiger partial charge in [-0.1, -0.05) is 19.9 Å². The first-order chi connectivity index (χ1) is 11.7. The maximum atomic E-state index is 11.5. The van der Waals surface area contributed by atoms with Crippen LogP contribution in [0, 0.1) is 5.92 Å².